The normalized spacial score (nSPS) is 11.8. The molecule has 0 spiro atoms. The Kier molecular flexibility index (Phi) is 5.70. The lowest BCUT2D eigenvalue weighted by atomic mass is 10.1. The Morgan fingerprint density at radius 3 is 2.50 bits per heavy atom. The van der Waals surface area contributed by atoms with Crippen molar-refractivity contribution in [1.82, 2.24) is 4.90 Å². The molecule has 1 aromatic carbocycles. The molecule has 0 bridgehead atoms. The maximum atomic E-state index is 11.9. The fraction of sp³-hybridized carbons (Fsp3) is 0.467. The molecule has 0 aromatic heterocycles. The van der Waals surface area contributed by atoms with Crippen molar-refractivity contribution in [3.8, 4) is 0 Å². The number of nitrogens with two attached hydrogens (primary N) is 1. The largest absolute Gasteiger partial charge is 0.345 e. The fourth-order valence-corrected chi connectivity index (χ4v) is 1.90. The summed E-state index contributed by atoms with van der Waals surface area (Å²) in [6.45, 7) is 3.83. The zero-order valence-corrected chi connectivity index (χ0v) is 12.6. The summed E-state index contributed by atoms with van der Waals surface area (Å²) >= 11 is 0. The molecular weight excluding hydrogens is 254 g/mol. The van der Waals surface area contributed by atoms with Gasteiger partial charge in [0.1, 0.15) is 0 Å². The van der Waals surface area contributed by atoms with Gasteiger partial charge in [0.15, 0.2) is 0 Å². The Morgan fingerprint density at radius 1 is 1.35 bits per heavy atom. The summed E-state index contributed by atoms with van der Waals surface area (Å²) in [4.78, 5) is 25.3. The third kappa shape index (κ3) is 4.06. The third-order valence-corrected chi connectivity index (χ3v) is 3.07. The predicted molar refractivity (Wildman–Crippen MR) is 80.7 cm³/mol. The summed E-state index contributed by atoms with van der Waals surface area (Å²) in [6, 6.07) is 4.73. The van der Waals surface area contributed by atoms with E-state index in [1.807, 2.05) is 13.8 Å². The lowest BCUT2D eigenvalue weighted by molar-refractivity contribution is -0.117. The van der Waals surface area contributed by atoms with Gasteiger partial charge in [-0.2, -0.15) is 0 Å². The highest BCUT2D eigenvalue weighted by molar-refractivity contribution is 5.98. The van der Waals surface area contributed by atoms with Crippen LogP contribution in [-0.4, -0.2) is 36.9 Å². The van der Waals surface area contributed by atoms with Crippen LogP contribution in [0.2, 0.25) is 0 Å². The molecule has 1 rings (SSSR count). The second-order valence-corrected chi connectivity index (χ2v) is 5.11. The molecule has 1 aromatic rings. The number of carbonyl (C=O) groups excluding carboxylic acids is 2. The molecule has 1 atom stereocenters. The van der Waals surface area contributed by atoms with Crippen LogP contribution in [0.3, 0.4) is 0 Å². The summed E-state index contributed by atoms with van der Waals surface area (Å²) in [6.07, 6.45) is 1.52. The van der Waals surface area contributed by atoms with Gasteiger partial charge in [-0.3, -0.25) is 9.59 Å². The molecule has 1 unspecified atom stereocenters. The Balaban J connectivity index is 2.83. The summed E-state index contributed by atoms with van der Waals surface area (Å²) in [5, 5.41) is 2.77. The van der Waals surface area contributed by atoms with Crippen LogP contribution in [0.15, 0.2) is 18.2 Å². The van der Waals surface area contributed by atoms with E-state index in [2.05, 4.69) is 5.32 Å². The molecule has 0 aliphatic rings. The average molecular weight is 277 g/mol. The number of nitrogens with one attached hydrogen (secondary N) is 1. The lowest BCUT2D eigenvalue weighted by Crippen LogP contribution is -2.35. The molecule has 110 valence electrons. The number of aryl methyl sites for hydroxylation is 1. The van der Waals surface area contributed by atoms with Gasteiger partial charge in [-0.05, 0) is 37.1 Å². The molecule has 5 heteroatoms. The van der Waals surface area contributed by atoms with Crippen molar-refractivity contribution in [3.63, 3.8) is 0 Å². The third-order valence-electron chi connectivity index (χ3n) is 3.07. The van der Waals surface area contributed by atoms with Gasteiger partial charge in [-0.25, -0.2) is 0 Å². The number of anilines is 1. The molecule has 0 aliphatic carbocycles. The second-order valence-electron chi connectivity index (χ2n) is 5.11. The van der Waals surface area contributed by atoms with E-state index in [4.69, 9.17) is 5.73 Å². The van der Waals surface area contributed by atoms with Gasteiger partial charge in [0.2, 0.25) is 5.91 Å². The minimum atomic E-state index is -0.497. The molecule has 3 N–H and O–H groups in total. The SMILES string of the molecule is CCCC(N)C(=O)Nc1ccc(C(=O)N(C)C)c(C)c1. The highest BCUT2D eigenvalue weighted by atomic mass is 16.2. The first kappa shape index (κ1) is 16.2. The maximum absolute atomic E-state index is 11.9. The highest BCUT2D eigenvalue weighted by Gasteiger charge is 2.14. The summed E-state index contributed by atoms with van der Waals surface area (Å²) in [5.74, 6) is -0.249. The van der Waals surface area contributed by atoms with Crippen LogP contribution in [-0.2, 0) is 4.79 Å². The maximum Gasteiger partial charge on any atom is 0.253 e. The van der Waals surface area contributed by atoms with E-state index in [-0.39, 0.29) is 11.8 Å². The van der Waals surface area contributed by atoms with Gasteiger partial charge in [0.25, 0.3) is 5.91 Å². The van der Waals surface area contributed by atoms with E-state index in [0.717, 1.165) is 12.0 Å². The highest BCUT2D eigenvalue weighted by Crippen LogP contribution is 2.16. The minimum Gasteiger partial charge on any atom is -0.345 e. The number of benzene rings is 1. The van der Waals surface area contributed by atoms with Gasteiger partial charge in [0, 0.05) is 25.3 Å². The van der Waals surface area contributed by atoms with Crippen molar-refractivity contribution >= 4 is 17.5 Å². The Labute approximate surface area is 120 Å². The van der Waals surface area contributed by atoms with Crippen molar-refractivity contribution in [3.05, 3.63) is 29.3 Å². The zero-order chi connectivity index (χ0) is 15.3. The minimum absolute atomic E-state index is 0.0527. The Morgan fingerprint density at radius 2 is 2.00 bits per heavy atom. The molecule has 0 fully saturated rings. The van der Waals surface area contributed by atoms with Crippen molar-refractivity contribution < 1.29 is 9.59 Å². The smallest absolute Gasteiger partial charge is 0.253 e. The van der Waals surface area contributed by atoms with Crippen LogP contribution < -0.4 is 11.1 Å². The first-order valence-corrected chi connectivity index (χ1v) is 6.75. The van der Waals surface area contributed by atoms with Crippen LogP contribution in [0.5, 0.6) is 0 Å². The first-order chi connectivity index (χ1) is 9.36. The van der Waals surface area contributed by atoms with E-state index in [1.54, 1.807) is 32.3 Å². The molecule has 2 amide bonds. The van der Waals surface area contributed by atoms with Gasteiger partial charge in [-0.1, -0.05) is 13.3 Å². The summed E-state index contributed by atoms with van der Waals surface area (Å²) in [7, 11) is 3.42. The molecular formula is C15H23N3O2. The predicted octanol–water partition coefficient (Wildman–Crippen LogP) is 1.76. The van der Waals surface area contributed by atoms with Gasteiger partial charge < -0.3 is 16.0 Å². The number of carbonyl (C=O) groups is 2. The molecule has 0 aliphatic heterocycles. The lowest BCUT2D eigenvalue weighted by Gasteiger charge is -2.15. The van der Waals surface area contributed by atoms with E-state index in [1.165, 1.54) is 4.90 Å². The quantitative estimate of drug-likeness (QED) is 0.861. The van der Waals surface area contributed by atoms with Gasteiger partial charge in [-0.15, -0.1) is 0 Å². The van der Waals surface area contributed by atoms with Crippen LogP contribution >= 0.6 is 0 Å². The molecule has 0 radical (unpaired) electrons. The van der Waals surface area contributed by atoms with Gasteiger partial charge in [0.05, 0.1) is 6.04 Å². The molecule has 0 saturated heterocycles. The van der Waals surface area contributed by atoms with Gasteiger partial charge >= 0.3 is 0 Å². The Bertz CT molecular complexity index is 498. The second kappa shape index (κ2) is 7.05. The van der Waals surface area contributed by atoms with Crippen LogP contribution in [0.1, 0.15) is 35.7 Å². The topological polar surface area (TPSA) is 75.4 Å². The fourth-order valence-electron chi connectivity index (χ4n) is 1.90. The van der Waals surface area contributed by atoms with Crippen molar-refractivity contribution in [2.45, 2.75) is 32.7 Å². The van der Waals surface area contributed by atoms with Crippen molar-refractivity contribution in [1.29, 1.82) is 0 Å². The Hall–Kier alpha value is -1.88. The monoisotopic (exact) mass is 277 g/mol. The van der Waals surface area contributed by atoms with Crippen LogP contribution in [0.4, 0.5) is 5.69 Å². The summed E-state index contributed by atoms with van der Waals surface area (Å²) in [5.41, 5.74) is 7.88. The number of amides is 2. The van der Waals surface area contributed by atoms with Crippen LogP contribution in [0.25, 0.3) is 0 Å². The number of nitrogens with zero attached hydrogens (tertiary/aromatic N) is 1. The molecule has 20 heavy (non-hydrogen) atoms. The van der Waals surface area contributed by atoms with Crippen LogP contribution in [0, 0.1) is 6.92 Å². The van der Waals surface area contributed by atoms with Crippen molar-refractivity contribution in [2.24, 2.45) is 5.73 Å². The number of rotatable bonds is 5. The zero-order valence-electron chi connectivity index (χ0n) is 12.6. The molecule has 5 nitrogen and oxygen atoms in total. The van der Waals surface area contributed by atoms with E-state index in [0.29, 0.717) is 17.7 Å². The molecule has 0 saturated carbocycles. The van der Waals surface area contributed by atoms with E-state index >= 15 is 0 Å². The number of hydrogen-bond donors (Lipinski definition) is 2. The van der Waals surface area contributed by atoms with E-state index < -0.39 is 6.04 Å². The van der Waals surface area contributed by atoms with E-state index in [9.17, 15) is 9.59 Å². The summed E-state index contributed by atoms with van der Waals surface area (Å²) < 4.78 is 0. The number of hydrogen-bond acceptors (Lipinski definition) is 3. The molecule has 0 heterocycles. The van der Waals surface area contributed by atoms with Crippen molar-refractivity contribution in [2.75, 3.05) is 19.4 Å². The first-order valence-electron chi connectivity index (χ1n) is 6.75. The average Bonchev–Trinajstić information content (AvgIpc) is 2.38. The standard InChI is InChI=1S/C15H23N3O2/c1-5-6-13(16)14(19)17-11-7-8-12(10(2)9-11)15(20)18(3)4/h7-9,13H,5-6,16H2,1-4H3,(H,17,19).